The van der Waals surface area contributed by atoms with E-state index in [2.05, 4.69) is 19.1 Å². The summed E-state index contributed by atoms with van der Waals surface area (Å²) in [7, 11) is 0. The van der Waals surface area contributed by atoms with Crippen LogP contribution in [0.1, 0.15) is 96.8 Å². The van der Waals surface area contributed by atoms with E-state index in [1.165, 1.54) is 69.5 Å². The van der Waals surface area contributed by atoms with Crippen LogP contribution in [0.5, 0.6) is 0 Å². The van der Waals surface area contributed by atoms with E-state index >= 15 is 0 Å². The first-order valence-electron chi connectivity index (χ1n) is 11.2. The molecule has 2 N–H and O–H groups in total. The van der Waals surface area contributed by atoms with Gasteiger partial charge in [-0.3, -0.25) is 4.79 Å². The lowest BCUT2D eigenvalue weighted by Crippen LogP contribution is -2.39. The third-order valence-electron chi connectivity index (χ3n) is 5.15. The summed E-state index contributed by atoms with van der Waals surface area (Å²) >= 11 is 1.33. The van der Waals surface area contributed by atoms with Crippen molar-refractivity contribution in [2.75, 3.05) is 26.1 Å². The van der Waals surface area contributed by atoms with Crippen molar-refractivity contribution in [2.24, 2.45) is 0 Å². The average molecular weight is 417 g/mol. The monoisotopic (exact) mass is 416 g/mol. The molecule has 0 bridgehead atoms. The summed E-state index contributed by atoms with van der Waals surface area (Å²) in [6.07, 6.45) is 22.9. The van der Waals surface area contributed by atoms with Gasteiger partial charge in [0.05, 0.1) is 18.0 Å². The van der Waals surface area contributed by atoms with E-state index in [9.17, 15) is 15.0 Å². The molecular formula is C23H44O4S. The fourth-order valence-electron chi connectivity index (χ4n) is 2.95. The van der Waals surface area contributed by atoms with E-state index in [1.807, 2.05) is 0 Å². The zero-order chi connectivity index (χ0) is 20.9. The molecule has 0 unspecified atom stereocenters. The molecule has 0 aromatic rings. The predicted molar refractivity (Wildman–Crippen MR) is 121 cm³/mol. The number of aliphatic hydroxyl groups excluding tert-OH is 2. The third kappa shape index (κ3) is 15.4. The van der Waals surface area contributed by atoms with Gasteiger partial charge in [-0.25, -0.2) is 0 Å². The highest BCUT2D eigenvalue weighted by molar-refractivity contribution is 8.00. The van der Waals surface area contributed by atoms with E-state index in [0.29, 0.717) is 6.42 Å². The lowest BCUT2D eigenvalue weighted by Gasteiger charge is -2.26. The molecule has 4 nitrogen and oxygen atoms in total. The van der Waals surface area contributed by atoms with Gasteiger partial charge in [0.15, 0.2) is 0 Å². The summed E-state index contributed by atoms with van der Waals surface area (Å²) in [5, 5.41) is 18.7. The summed E-state index contributed by atoms with van der Waals surface area (Å²) < 4.78 is 4.43. The van der Waals surface area contributed by atoms with Gasteiger partial charge in [-0.05, 0) is 38.4 Å². The molecule has 0 aliphatic carbocycles. The number of rotatable bonds is 20. The SMILES string of the molecule is CCCCCCCC/C=C\CCCCCCCC(=O)OCC(CO)(CO)SC. The molecule has 0 aromatic carbocycles. The minimum Gasteiger partial charge on any atom is -0.464 e. The number of esters is 1. The summed E-state index contributed by atoms with van der Waals surface area (Å²) in [6.45, 7) is 1.91. The van der Waals surface area contributed by atoms with Crippen LogP contribution >= 0.6 is 11.8 Å². The summed E-state index contributed by atoms with van der Waals surface area (Å²) in [4.78, 5) is 11.8. The number of carbonyl (C=O) groups excluding carboxylic acids is 1. The minimum absolute atomic E-state index is 0.0606. The fraction of sp³-hybridized carbons (Fsp3) is 0.870. The number of allylic oxidation sites excluding steroid dienone is 2. The van der Waals surface area contributed by atoms with Gasteiger partial charge in [0.25, 0.3) is 0 Å². The smallest absolute Gasteiger partial charge is 0.305 e. The van der Waals surface area contributed by atoms with Crippen molar-refractivity contribution in [3.8, 4) is 0 Å². The zero-order valence-electron chi connectivity index (χ0n) is 18.3. The molecule has 0 saturated carbocycles. The standard InChI is InChI=1S/C23H44O4S/c1-3-4-5-6-7-8-9-10-11-12-13-14-15-16-17-18-22(26)27-21-23(19-24,20-25)28-2/h10-11,24-25H,3-9,12-21H2,1-2H3/b11-10-. The number of aliphatic hydroxyl groups is 2. The van der Waals surface area contributed by atoms with Crippen molar-refractivity contribution in [3.05, 3.63) is 12.2 Å². The van der Waals surface area contributed by atoms with Crippen molar-refractivity contribution >= 4 is 17.7 Å². The molecule has 0 fully saturated rings. The maximum atomic E-state index is 11.8. The maximum Gasteiger partial charge on any atom is 0.305 e. The lowest BCUT2D eigenvalue weighted by atomic mass is 10.1. The van der Waals surface area contributed by atoms with Crippen LogP contribution in [0.3, 0.4) is 0 Å². The topological polar surface area (TPSA) is 66.8 Å². The molecule has 5 heteroatoms. The first kappa shape index (κ1) is 27.5. The normalized spacial score (nSPS) is 12.0. The molecule has 0 atom stereocenters. The number of ether oxygens (including phenoxy) is 1. The highest BCUT2D eigenvalue weighted by Crippen LogP contribution is 2.22. The van der Waals surface area contributed by atoms with E-state index in [0.717, 1.165) is 25.7 Å². The highest BCUT2D eigenvalue weighted by Gasteiger charge is 2.29. The molecular weight excluding hydrogens is 372 g/mol. The molecule has 0 aliphatic rings. The van der Waals surface area contributed by atoms with E-state index in [1.54, 1.807) is 6.26 Å². The second kappa shape index (κ2) is 19.8. The van der Waals surface area contributed by atoms with Gasteiger partial charge in [0.1, 0.15) is 6.61 Å². The van der Waals surface area contributed by atoms with Crippen molar-refractivity contribution in [1.29, 1.82) is 0 Å². The minimum atomic E-state index is -0.780. The van der Waals surface area contributed by atoms with Crippen molar-refractivity contribution in [1.82, 2.24) is 0 Å². The van der Waals surface area contributed by atoms with Gasteiger partial charge in [-0.2, -0.15) is 11.8 Å². The number of unbranched alkanes of at least 4 members (excludes halogenated alkanes) is 11. The van der Waals surface area contributed by atoms with Crippen molar-refractivity contribution in [3.63, 3.8) is 0 Å². The summed E-state index contributed by atoms with van der Waals surface area (Å²) in [5.74, 6) is -0.238. The molecule has 28 heavy (non-hydrogen) atoms. The fourth-order valence-corrected chi connectivity index (χ4v) is 3.39. The Kier molecular flexibility index (Phi) is 19.4. The molecule has 0 aromatic heterocycles. The van der Waals surface area contributed by atoms with Crippen LogP contribution in [0.4, 0.5) is 0 Å². The van der Waals surface area contributed by atoms with Crippen LogP contribution in [0.2, 0.25) is 0 Å². The molecule has 166 valence electrons. The zero-order valence-corrected chi connectivity index (χ0v) is 19.1. The summed E-state index contributed by atoms with van der Waals surface area (Å²) in [5.41, 5.74) is 0. The number of hydrogen-bond acceptors (Lipinski definition) is 5. The maximum absolute atomic E-state index is 11.8. The highest BCUT2D eigenvalue weighted by atomic mass is 32.2. The number of hydrogen-bond donors (Lipinski definition) is 2. The Bertz CT molecular complexity index is 373. The van der Waals surface area contributed by atoms with Crippen molar-refractivity contribution < 1.29 is 19.7 Å². The van der Waals surface area contributed by atoms with Crippen LogP contribution in [0.25, 0.3) is 0 Å². The first-order chi connectivity index (χ1) is 13.6. The predicted octanol–water partition coefficient (Wildman–Crippen LogP) is 5.65. The van der Waals surface area contributed by atoms with E-state index in [4.69, 9.17) is 4.74 Å². The van der Waals surface area contributed by atoms with Crippen LogP contribution in [-0.2, 0) is 9.53 Å². The molecule has 0 spiro atoms. The molecule has 0 rings (SSSR count). The van der Waals surface area contributed by atoms with Gasteiger partial charge in [-0.15, -0.1) is 0 Å². The molecule has 0 radical (unpaired) electrons. The lowest BCUT2D eigenvalue weighted by molar-refractivity contribution is -0.145. The van der Waals surface area contributed by atoms with Gasteiger partial charge >= 0.3 is 5.97 Å². The Morgan fingerprint density at radius 1 is 0.857 bits per heavy atom. The van der Waals surface area contributed by atoms with E-state index in [-0.39, 0.29) is 25.8 Å². The van der Waals surface area contributed by atoms with Gasteiger partial charge in [0.2, 0.25) is 0 Å². The second-order valence-corrected chi connectivity index (χ2v) is 8.97. The Labute approximate surface area is 177 Å². The van der Waals surface area contributed by atoms with Crippen LogP contribution in [0, 0.1) is 0 Å². The second-order valence-electron chi connectivity index (χ2n) is 7.70. The van der Waals surface area contributed by atoms with Crippen LogP contribution < -0.4 is 0 Å². The Morgan fingerprint density at radius 3 is 1.86 bits per heavy atom. The van der Waals surface area contributed by atoms with Gasteiger partial charge < -0.3 is 14.9 Å². The Hall–Kier alpha value is -0.520. The number of thioether (sulfide) groups is 1. The molecule has 0 heterocycles. The first-order valence-corrected chi connectivity index (χ1v) is 12.4. The average Bonchev–Trinajstić information content (AvgIpc) is 2.72. The van der Waals surface area contributed by atoms with Gasteiger partial charge in [0, 0.05) is 6.42 Å². The Morgan fingerprint density at radius 2 is 1.36 bits per heavy atom. The van der Waals surface area contributed by atoms with E-state index < -0.39 is 4.75 Å². The van der Waals surface area contributed by atoms with Gasteiger partial charge in [-0.1, -0.05) is 70.4 Å². The largest absolute Gasteiger partial charge is 0.464 e. The van der Waals surface area contributed by atoms with Crippen LogP contribution in [0.15, 0.2) is 12.2 Å². The molecule has 0 amide bonds. The molecule has 0 aliphatic heterocycles. The Balaban J connectivity index is 3.45. The van der Waals surface area contributed by atoms with Crippen LogP contribution in [-0.4, -0.2) is 47.0 Å². The van der Waals surface area contributed by atoms with Crippen molar-refractivity contribution in [2.45, 2.75) is 102 Å². The third-order valence-corrected chi connectivity index (χ3v) is 6.39. The quantitative estimate of drug-likeness (QED) is 0.152. The number of carbonyl (C=O) groups is 1. The summed E-state index contributed by atoms with van der Waals surface area (Å²) in [6, 6.07) is 0. The molecule has 0 saturated heterocycles.